The van der Waals surface area contributed by atoms with E-state index in [-0.39, 0.29) is 23.8 Å². The molecule has 11 heteroatoms. The number of thiophene rings is 1. The zero-order chi connectivity index (χ0) is 20.8. The third kappa shape index (κ3) is 6.01. The highest BCUT2D eigenvalue weighted by molar-refractivity contribution is 7.09. The van der Waals surface area contributed by atoms with Gasteiger partial charge < -0.3 is 15.4 Å². The van der Waals surface area contributed by atoms with Crippen molar-refractivity contribution in [2.24, 2.45) is 0 Å². The zero-order valence-electron chi connectivity index (χ0n) is 15.2. The predicted molar refractivity (Wildman–Crippen MR) is 105 cm³/mol. The van der Waals surface area contributed by atoms with Crippen molar-refractivity contribution in [3.05, 3.63) is 56.3 Å². The van der Waals surface area contributed by atoms with Gasteiger partial charge in [-0.3, -0.25) is 20.2 Å². The number of nitrogens with one attached hydrogen (secondary N) is 3. The molecule has 1 fully saturated rings. The second-order valence-electron chi connectivity index (χ2n) is 6.29. The third-order valence-corrected chi connectivity index (χ3v) is 4.83. The summed E-state index contributed by atoms with van der Waals surface area (Å²) in [5, 5.41) is 20.7. The molecule has 3 rings (SSSR count). The molecule has 29 heavy (non-hydrogen) atoms. The van der Waals surface area contributed by atoms with Crippen LogP contribution in [0.1, 0.15) is 28.1 Å². The zero-order valence-corrected chi connectivity index (χ0v) is 16.0. The van der Waals surface area contributed by atoms with Crippen LogP contribution in [0.2, 0.25) is 0 Å². The van der Waals surface area contributed by atoms with E-state index in [0.29, 0.717) is 5.69 Å². The molecule has 0 bridgehead atoms. The molecule has 10 nitrogen and oxygen atoms in total. The normalized spacial score (nSPS) is 12.7. The summed E-state index contributed by atoms with van der Waals surface area (Å²) in [6.45, 7) is -0.428. The highest BCUT2D eigenvalue weighted by Gasteiger charge is 2.26. The summed E-state index contributed by atoms with van der Waals surface area (Å²) in [4.78, 5) is 47.1. The van der Waals surface area contributed by atoms with Crippen LogP contribution in [-0.4, -0.2) is 35.5 Å². The number of nitro groups is 1. The van der Waals surface area contributed by atoms with Crippen LogP contribution in [0.5, 0.6) is 0 Å². The number of ether oxygens (including phenoxy) is 1. The van der Waals surface area contributed by atoms with E-state index in [9.17, 15) is 24.5 Å². The summed E-state index contributed by atoms with van der Waals surface area (Å²) in [6.07, 6.45) is 1.88. The van der Waals surface area contributed by atoms with Crippen molar-refractivity contribution in [2.75, 3.05) is 11.9 Å². The lowest BCUT2D eigenvalue weighted by Gasteiger charge is -2.09. The first-order valence-electron chi connectivity index (χ1n) is 8.74. The molecule has 1 aromatic carbocycles. The lowest BCUT2D eigenvalue weighted by Crippen LogP contribution is -2.41. The van der Waals surface area contributed by atoms with Crippen molar-refractivity contribution >= 4 is 40.6 Å². The summed E-state index contributed by atoms with van der Waals surface area (Å²) in [5.41, 5.74) is 0.0194. The highest BCUT2D eigenvalue weighted by Crippen LogP contribution is 2.31. The molecule has 0 atom stereocenters. The number of hydrogen-bond donors (Lipinski definition) is 3. The van der Waals surface area contributed by atoms with E-state index < -0.39 is 29.4 Å². The number of amides is 3. The van der Waals surface area contributed by atoms with E-state index in [2.05, 4.69) is 10.6 Å². The Kier molecular flexibility index (Phi) is 6.39. The molecule has 0 radical (unpaired) electrons. The quantitative estimate of drug-likeness (QED) is 0.340. The maximum atomic E-state index is 12.1. The lowest BCUT2D eigenvalue weighted by atomic mass is 10.1. The summed E-state index contributed by atoms with van der Waals surface area (Å²) < 4.78 is 4.84. The van der Waals surface area contributed by atoms with Gasteiger partial charge in [0.25, 0.3) is 11.6 Å². The van der Waals surface area contributed by atoms with E-state index in [1.54, 1.807) is 0 Å². The highest BCUT2D eigenvalue weighted by atomic mass is 32.1. The van der Waals surface area contributed by atoms with Gasteiger partial charge in [-0.05, 0) is 36.4 Å². The average molecular weight is 418 g/mol. The smallest absolute Gasteiger partial charge is 0.338 e. The molecule has 1 heterocycles. The minimum Gasteiger partial charge on any atom is -0.452 e. The first-order valence-corrected chi connectivity index (χ1v) is 9.62. The van der Waals surface area contributed by atoms with Gasteiger partial charge in [-0.2, -0.15) is 0 Å². The number of carbonyl (C=O) groups is 3. The molecule has 0 aliphatic heterocycles. The third-order valence-electron chi connectivity index (χ3n) is 3.96. The fraction of sp³-hybridized carbons (Fsp3) is 0.278. The van der Waals surface area contributed by atoms with Crippen molar-refractivity contribution < 1.29 is 24.0 Å². The minimum atomic E-state index is -0.903. The van der Waals surface area contributed by atoms with Gasteiger partial charge in [0.05, 0.1) is 17.0 Å². The fourth-order valence-corrected chi connectivity index (χ4v) is 3.03. The van der Waals surface area contributed by atoms with Crippen molar-refractivity contribution in [3.63, 3.8) is 0 Å². The Morgan fingerprint density at radius 1 is 1.24 bits per heavy atom. The fourth-order valence-electron chi connectivity index (χ4n) is 2.38. The summed E-state index contributed by atoms with van der Waals surface area (Å²) in [7, 11) is 0. The van der Waals surface area contributed by atoms with E-state index in [1.807, 2.05) is 22.8 Å². The van der Waals surface area contributed by atoms with Crippen molar-refractivity contribution in [1.82, 2.24) is 10.6 Å². The Morgan fingerprint density at radius 2 is 2.03 bits per heavy atom. The molecular weight excluding hydrogens is 400 g/mol. The number of hydrogen-bond acceptors (Lipinski definition) is 8. The maximum Gasteiger partial charge on any atom is 0.338 e. The van der Waals surface area contributed by atoms with Crippen LogP contribution in [0.3, 0.4) is 0 Å². The van der Waals surface area contributed by atoms with Crippen molar-refractivity contribution in [1.29, 1.82) is 0 Å². The SMILES string of the molecule is O=C(COC(=O)c1ccc(NC2CC2)c([N+](=O)[O-])c1)NC(=O)NCc1cccs1. The second-order valence-corrected chi connectivity index (χ2v) is 7.33. The van der Waals surface area contributed by atoms with Crippen molar-refractivity contribution in [2.45, 2.75) is 25.4 Å². The van der Waals surface area contributed by atoms with Gasteiger partial charge >= 0.3 is 12.0 Å². The molecule has 3 N–H and O–H groups in total. The van der Waals surface area contributed by atoms with E-state index in [0.717, 1.165) is 23.8 Å². The monoisotopic (exact) mass is 418 g/mol. The first kappa shape index (κ1) is 20.3. The number of esters is 1. The molecule has 1 aliphatic carbocycles. The maximum absolute atomic E-state index is 12.1. The number of benzene rings is 1. The van der Waals surface area contributed by atoms with Gasteiger partial charge in [0.2, 0.25) is 0 Å². The number of carbonyl (C=O) groups excluding carboxylic acids is 3. The van der Waals surface area contributed by atoms with Crippen LogP contribution < -0.4 is 16.0 Å². The van der Waals surface area contributed by atoms with Gasteiger partial charge in [0, 0.05) is 17.0 Å². The van der Waals surface area contributed by atoms with E-state index in [1.165, 1.54) is 23.5 Å². The molecule has 2 aromatic rings. The van der Waals surface area contributed by atoms with Crippen molar-refractivity contribution in [3.8, 4) is 0 Å². The second kappa shape index (κ2) is 9.15. The number of rotatable bonds is 8. The van der Waals surface area contributed by atoms with Crippen LogP contribution in [0.25, 0.3) is 0 Å². The molecular formula is C18H18N4O6S. The minimum absolute atomic E-state index is 0.0620. The lowest BCUT2D eigenvalue weighted by molar-refractivity contribution is -0.384. The summed E-state index contributed by atoms with van der Waals surface area (Å²) in [5.74, 6) is -1.72. The number of nitro benzene ring substituents is 1. The number of imide groups is 1. The molecule has 0 saturated heterocycles. The summed E-state index contributed by atoms with van der Waals surface area (Å²) >= 11 is 1.46. The average Bonchev–Trinajstić information content (AvgIpc) is 3.35. The Balaban J connectivity index is 1.49. The number of anilines is 1. The van der Waals surface area contributed by atoms with Gasteiger partial charge in [-0.1, -0.05) is 6.07 Å². The van der Waals surface area contributed by atoms with Gasteiger partial charge in [-0.25, -0.2) is 9.59 Å². The van der Waals surface area contributed by atoms with Gasteiger partial charge in [-0.15, -0.1) is 11.3 Å². The van der Waals surface area contributed by atoms with Crippen LogP contribution in [0, 0.1) is 10.1 Å². The molecule has 1 aromatic heterocycles. The van der Waals surface area contributed by atoms with E-state index >= 15 is 0 Å². The molecule has 0 spiro atoms. The Labute approximate surface area is 169 Å². The number of urea groups is 1. The summed E-state index contributed by atoms with van der Waals surface area (Å²) in [6, 6.07) is 7.07. The van der Waals surface area contributed by atoms with Gasteiger partial charge in [0.1, 0.15) is 5.69 Å². The largest absolute Gasteiger partial charge is 0.452 e. The van der Waals surface area contributed by atoms with Crippen LogP contribution >= 0.6 is 11.3 Å². The Bertz CT molecular complexity index is 926. The van der Waals surface area contributed by atoms with Crippen LogP contribution in [0.15, 0.2) is 35.7 Å². The Hall–Kier alpha value is -3.47. The molecule has 1 aliphatic rings. The molecule has 152 valence electrons. The van der Waals surface area contributed by atoms with Crippen LogP contribution in [-0.2, 0) is 16.1 Å². The molecule has 0 unspecified atom stereocenters. The van der Waals surface area contributed by atoms with Gasteiger partial charge in [0.15, 0.2) is 6.61 Å². The molecule has 3 amide bonds. The topological polar surface area (TPSA) is 140 Å². The van der Waals surface area contributed by atoms with Crippen LogP contribution in [0.4, 0.5) is 16.2 Å². The van der Waals surface area contributed by atoms with E-state index in [4.69, 9.17) is 4.74 Å². The number of nitrogens with zero attached hydrogens (tertiary/aromatic N) is 1. The first-order chi connectivity index (χ1) is 13.9. The Morgan fingerprint density at radius 3 is 2.69 bits per heavy atom. The standard InChI is InChI=1S/C18H18N4O6S/c23-16(21-18(25)19-9-13-2-1-7-29-13)10-28-17(24)11-3-6-14(20-12-4-5-12)15(8-11)22(26)27/h1-3,6-8,12,20H,4-5,9-10H2,(H2,19,21,23,25). The molecule has 1 saturated carbocycles. The predicted octanol–water partition coefficient (Wildman–Crippen LogP) is 2.41.